The van der Waals surface area contributed by atoms with Crippen molar-refractivity contribution in [1.82, 2.24) is 20.5 Å². The van der Waals surface area contributed by atoms with Crippen LogP contribution in [0.4, 0.5) is 4.79 Å². The van der Waals surface area contributed by atoms with Crippen LogP contribution in [-0.2, 0) is 11.3 Å². The molecule has 0 radical (unpaired) electrons. The lowest BCUT2D eigenvalue weighted by Gasteiger charge is -2.19. The number of hydrogen-bond donors (Lipinski definition) is 3. The lowest BCUT2D eigenvalue weighted by molar-refractivity contribution is -0.120. The summed E-state index contributed by atoms with van der Waals surface area (Å²) in [5.41, 5.74) is 6.14. The van der Waals surface area contributed by atoms with E-state index in [1.165, 1.54) is 4.88 Å². The van der Waals surface area contributed by atoms with Gasteiger partial charge in [-0.3, -0.25) is 9.69 Å². The SMILES string of the molecule is CCC[C@H]1CN(Cc2nc(C)sc2C)C[C@@H]1NC(=O)CNC(N)=O. The van der Waals surface area contributed by atoms with Gasteiger partial charge in [-0.05, 0) is 26.2 Å². The monoisotopic (exact) mass is 353 g/mol. The van der Waals surface area contributed by atoms with E-state index in [-0.39, 0.29) is 18.5 Å². The number of rotatable bonds is 7. The fourth-order valence-corrected chi connectivity index (χ4v) is 4.10. The number of urea groups is 1. The first-order valence-corrected chi connectivity index (χ1v) is 9.18. The molecule has 1 fully saturated rings. The van der Waals surface area contributed by atoms with Gasteiger partial charge in [0.05, 0.1) is 17.2 Å². The van der Waals surface area contributed by atoms with Gasteiger partial charge in [-0.25, -0.2) is 9.78 Å². The first kappa shape index (κ1) is 18.7. The second-order valence-electron chi connectivity index (χ2n) is 6.37. The highest BCUT2D eigenvalue weighted by atomic mass is 32.1. The van der Waals surface area contributed by atoms with E-state index in [1.807, 2.05) is 6.92 Å². The van der Waals surface area contributed by atoms with E-state index in [1.54, 1.807) is 11.3 Å². The third-order valence-corrected chi connectivity index (χ3v) is 5.25. The van der Waals surface area contributed by atoms with Crippen molar-refractivity contribution in [2.75, 3.05) is 19.6 Å². The van der Waals surface area contributed by atoms with Crippen LogP contribution < -0.4 is 16.4 Å². The molecular weight excluding hydrogens is 326 g/mol. The molecule has 1 aliphatic rings. The van der Waals surface area contributed by atoms with Crippen molar-refractivity contribution in [3.8, 4) is 0 Å². The van der Waals surface area contributed by atoms with Crippen molar-refractivity contribution in [3.63, 3.8) is 0 Å². The highest BCUT2D eigenvalue weighted by molar-refractivity contribution is 7.11. The van der Waals surface area contributed by atoms with E-state index in [9.17, 15) is 9.59 Å². The van der Waals surface area contributed by atoms with Gasteiger partial charge >= 0.3 is 6.03 Å². The molecule has 1 aromatic heterocycles. The van der Waals surface area contributed by atoms with Crippen LogP contribution in [0, 0.1) is 19.8 Å². The zero-order valence-electron chi connectivity index (χ0n) is 14.6. The Morgan fingerprint density at radius 1 is 1.38 bits per heavy atom. The van der Waals surface area contributed by atoms with Gasteiger partial charge in [-0.1, -0.05) is 13.3 Å². The van der Waals surface area contributed by atoms with Crippen LogP contribution in [-0.4, -0.2) is 47.5 Å². The maximum Gasteiger partial charge on any atom is 0.312 e. The molecule has 8 heteroatoms. The second-order valence-corrected chi connectivity index (χ2v) is 7.78. The zero-order valence-corrected chi connectivity index (χ0v) is 15.4. The quantitative estimate of drug-likeness (QED) is 0.684. The van der Waals surface area contributed by atoms with E-state index in [0.717, 1.165) is 43.2 Å². The highest BCUT2D eigenvalue weighted by Crippen LogP contribution is 2.25. The smallest absolute Gasteiger partial charge is 0.312 e. The number of likely N-dealkylation sites (tertiary alicyclic amines) is 1. The zero-order chi connectivity index (χ0) is 17.7. The van der Waals surface area contributed by atoms with Crippen molar-refractivity contribution in [2.24, 2.45) is 11.7 Å². The molecule has 134 valence electrons. The molecule has 0 aromatic carbocycles. The number of hydrogen-bond acceptors (Lipinski definition) is 5. The normalized spacial score (nSPS) is 21.0. The van der Waals surface area contributed by atoms with Crippen molar-refractivity contribution in [3.05, 3.63) is 15.6 Å². The molecule has 0 saturated carbocycles. The number of carbonyl (C=O) groups excluding carboxylic acids is 2. The fraction of sp³-hybridized carbons (Fsp3) is 0.688. The predicted molar refractivity (Wildman–Crippen MR) is 94.8 cm³/mol. The van der Waals surface area contributed by atoms with E-state index in [0.29, 0.717) is 5.92 Å². The van der Waals surface area contributed by atoms with E-state index in [4.69, 9.17) is 5.73 Å². The Bertz CT molecular complexity index is 589. The largest absolute Gasteiger partial charge is 0.352 e. The minimum atomic E-state index is -0.683. The topological polar surface area (TPSA) is 100 Å². The van der Waals surface area contributed by atoms with Gasteiger partial charge in [-0.2, -0.15) is 0 Å². The minimum Gasteiger partial charge on any atom is -0.352 e. The third-order valence-electron chi connectivity index (χ3n) is 4.32. The molecule has 0 spiro atoms. The predicted octanol–water partition coefficient (Wildman–Crippen LogP) is 1.14. The molecule has 0 unspecified atom stereocenters. The van der Waals surface area contributed by atoms with Gasteiger partial charge in [0.15, 0.2) is 0 Å². The molecule has 4 N–H and O–H groups in total. The number of thiazole rings is 1. The Balaban J connectivity index is 1.93. The lowest BCUT2D eigenvalue weighted by Crippen LogP contribution is -2.46. The van der Waals surface area contributed by atoms with Crippen LogP contribution >= 0.6 is 11.3 Å². The Morgan fingerprint density at radius 2 is 2.12 bits per heavy atom. The Kier molecular flexibility index (Phi) is 6.56. The molecule has 0 aliphatic carbocycles. The standard InChI is InChI=1S/C16H27N5O2S/c1-4-5-12-7-21(8-13-10(2)24-11(3)19-13)9-14(12)20-15(22)6-18-16(17)23/h12,14H,4-9H2,1-3H3,(H,20,22)(H3,17,18,23)/t12-,14-/m0/s1. The summed E-state index contributed by atoms with van der Waals surface area (Å²) in [7, 11) is 0. The van der Waals surface area contributed by atoms with Crippen molar-refractivity contribution in [1.29, 1.82) is 0 Å². The number of primary amides is 1. The van der Waals surface area contributed by atoms with E-state index >= 15 is 0 Å². The first-order chi connectivity index (χ1) is 11.4. The summed E-state index contributed by atoms with van der Waals surface area (Å²) < 4.78 is 0. The molecule has 1 aliphatic heterocycles. The van der Waals surface area contributed by atoms with Crippen LogP contribution in [0.1, 0.15) is 35.3 Å². The van der Waals surface area contributed by atoms with E-state index < -0.39 is 6.03 Å². The highest BCUT2D eigenvalue weighted by Gasteiger charge is 2.33. The van der Waals surface area contributed by atoms with Gasteiger partial charge in [0.2, 0.25) is 5.91 Å². The lowest BCUT2D eigenvalue weighted by atomic mass is 9.98. The minimum absolute atomic E-state index is 0.0743. The maximum absolute atomic E-state index is 12.0. The summed E-state index contributed by atoms with van der Waals surface area (Å²) in [5, 5.41) is 6.46. The Hall–Kier alpha value is -1.67. The molecule has 3 amide bonds. The van der Waals surface area contributed by atoms with Crippen LogP contribution in [0.3, 0.4) is 0 Å². The number of aromatic nitrogens is 1. The number of amides is 3. The summed E-state index contributed by atoms with van der Waals surface area (Å²) in [6, 6.07) is -0.579. The second kappa shape index (κ2) is 8.43. The van der Waals surface area contributed by atoms with Crippen LogP contribution in [0.5, 0.6) is 0 Å². The number of nitrogens with one attached hydrogen (secondary N) is 2. The summed E-state index contributed by atoms with van der Waals surface area (Å²) >= 11 is 1.72. The molecule has 7 nitrogen and oxygen atoms in total. The fourth-order valence-electron chi connectivity index (χ4n) is 3.27. The molecule has 24 heavy (non-hydrogen) atoms. The summed E-state index contributed by atoms with van der Waals surface area (Å²) in [6.07, 6.45) is 2.15. The molecule has 0 bridgehead atoms. The first-order valence-electron chi connectivity index (χ1n) is 8.37. The van der Waals surface area contributed by atoms with Gasteiger partial charge in [0.1, 0.15) is 0 Å². The number of nitrogens with zero attached hydrogens (tertiary/aromatic N) is 2. The molecule has 2 heterocycles. The van der Waals surface area contributed by atoms with Crippen LogP contribution in [0.2, 0.25) is 0 Å². The average Bonchev–Trinajstić information content (AvgIpc) is 3.01. The number of aryl methyl sites for hydroxylation is 2. The Labute approximate surface area is 147 Å². The Morgan fingerprint density at radius 3 is 2.71 bits per heavy atom. The third kappa shape index (κ3) is 5.17. The van der Waals surface area contributed by atoms with Crippen LogP contribution in [0.15, 0.2) is 0 Å². The number of nitrogens with two attached hydrogens (primary N) is 1. The summed E-state index contributed by atoms with van der Waals surface area (Å²) in [5.74, 6) is 0.231. The van der Waals surface area contributed by atoms with Gasteiger partial charge in [-0.15, -0.1) is 11.3 Å². The molecule has 1 aromatic rings. The van der Waals surface area contributed by atoms with Crippen molar-refractivity contribution in [2.45, 2.75) is 46.2 Å². The molecule has 1 saturated heterocycles. The molecule has 2 rings (SSSR count). The van der Waals surface area contributed by atoms with Gasteiger partial charge < -0.3 is 16.4 Å². The van der Waals surface area contributed by atoms with Crippen molar-refractivity contribution >= 4 is 23.3 Å². The number of carbonyl (C=O) groups is 2. The molecular formula is C16H27N5O2S. The van der Waals surface area contributed by atoms with Crippen molar-refractivity contribution < 1.29 is 9.59 Å². The van der Waals surface area contributed by atoms with Gasteiger partial charge in [0.25, 0.3) is 0 Å². The van der Waals surface area contributed by atoms with Crippen LogP contribution in [0.25, 0.3) is 0 Å². The summed E-state index contributed by atoms with van der Waals surface area (Å²) in [4.78, 5) is 30.9. The average molecular weight is 353 g/mol. The summed E-state index contributed by atoms with van der Waals surface area (Å²) in [6.45, 7) is 8.80. The molecule has 2 atom stereocenters. The van der Waals surface area contributed by atoms with Gasteiger partial charge in [0, 0.05) is 30.6 Å². The van der Waals surface area contributed by atoms with E-state index in [2.05, 4.69) is 34.4 Å². The maximum atomic E-state index is 12.0.